The average molecular weight is 326 g/mol. The fraction of sp³-hybridized carbons (Fsp3) is 0.364. The van der Waals surface area contributed by atoms with Crippen molar-refractivity contribution >= 4 is 39.2 Å². The highest BCUT2D eigenvalue weighted by Crippen LogP contribution is 2.28. The summed E-state index contributed by atoms with van der Waals surface area (Å²) in [5, 5.41) is 0.0998. The normalized spacial score (nSPS) is 11.3. The first-order valence-corrected chi connectivity index (χ1v) is 7.71. The van der Waals surface area contributed by atoms with Gasteiger partial charge in [-0.3, -0.25) is 4.79 Å². The van der Waals surface area contributed by atoms with E-state index in [1.54, 1.807) is 6.92 Å². The summed E-state index contributed by atoms with van der Waals surface area (Å²) in [5.74, 6) is -0.470. The quantitative estimate of drug-likeness (QED) is 0.814. The van der Waals surface area contributed by atoms with Gasteiger partial charge < -0.3 is 4.74 Å². The van der Waals surface area contributed by atoms with Crippen LogP contribution in [-0.2, 0) is 19.6 Å². The van der Waals surface area contributed by atoms with Gasteiger partial charge in [-0.15, -0.1) is 0 Å². The van der Waals surface area contributed by atoms with Gasteiger partial charge in [0.15, 0.2) is 0 Å². The second kappa shape index (κ2) is 7.09. The van der Waals surface area contributed by atoms with Crippen LogP contribution in [0.2, 0.25) is 10.0 Å². The Morgan fingerprint density at radius 1 is 1.37 bits per heavy atom. The molecule has 19 heavy (non-hydrogen) atoms. The van der Waals surface area contributed by atoms with Crippen molar-refractivity contribution in [3.8, 4) is 0 Å². The lowest BCUT2D eigenvalue weighted by Crippen LogP contribution is -2.27. The number of sulfonamides is 1. The van der Waals surface area contributed by atoms with Gasteiger partial charge in [-0.05, 0) is 19.1 Å². The summed E-state index contributed by atoms with van der Waals surface area (Å²) in [4.78, 5) is 11.0. The molecular formula is C11H13Cl2NO4S. The van der Waals surface area contributed by atoms with Crippen LogP contribution in [0.3, 0.4) is 0 Å². The number of hydrogen-bond acceptors (Lipinski definition) is 4. The first-order valence-electron chi connectivity index (χ1n) is 5.47. The lowest BCUT2D eigenvalue weighted by atomic mass is 10.4. The van der Waals surface area contributed by atoms with Gasteiger partial charge in [0.05, 0.1) is 23.1 Å². The second-order valence-electron chi connectivity index (χ2n) is 3.50. The minimum Gasteiger partial charge on any atom is -0.466 e. The fourth-order valence-corrected chi connectivity index (χ4v) is 3.08. The third kappa shape index (κ3) is 4.65. The number of carbonyl (C=O) groups is 1. The van der Waals surface area contributed by atoms with E-state index in [0.29, 0.717) is 0 Å². The van der Waals surface area contributed by atoms with E-state index in [9.17, 15) is 13.2 Å². The lowest BCUT2D eigenvalue weighted by Gasteiger charge is -2.08. The molecule has 0 saturated carbocycles. The van der Waals surface area contributed by atoms with Crippen molar-refractivity contribution in [2.75, 3.05) is 13.2 Å². The van der Waals surface area contributed by atoms with Gasteiger partial charge in [-0.1, -0.05) is 29.3 Å². The number of ether oxygens (including phenoxy) is 1. The van der Waals surface area contributed by atoms with Gasteiger partial charge in [-0.25, -0.2) is 13.1 Å². The maximum absolute atomic E-state index is 11.9. The summed E-state index contributed by atoms with van der Waals surface area (Å²) < 4.78 is 30.8. The van der Waals surface area contributed by atoms with E-state index in [1.165, 1.54) is 18.2 Å². The molecule has 0 radical (unpaired) electrons. The van der Waals surface area contributed by atoms with E-state index in [-0.39, 0.29) is 34.5 Å². The van der Waals surface area contributed by atoms with Crippen LogP contribution in [0.4, 0.5) is 0 Å². The van der Waals surface area contributed by atoms with Gasteiger partial charge in [0.25, 0.3) is 0 Å². The molecule has 5 nitrogen and oxygen atoms in total. The number of rotatable bonds is 6. The lowest BCUT2D eigenvalue weighted by molar-refractivity contribution is -0.142. The largest absolute Gasteiger partial charge is 0.466 e. The first kappa shape index (κ1) is 16.2. The third-order valence-electron chi connectivity index (χ3n) is 2.13. The third-order valence-corrected chi connectivity index (χ3v) is 4.57. The van der Waals surface area contributed by atoms with Gasteiger partial charge in [0, 0.05) is 6.54 Å². The Labute approximate surface area is 121 Å². The monoisotopic (exact) mass is 325 g/mol. The number of halogens is 2. The van der Waals surface area contributed by atoms with E-state index in [0.717, 1.165) is 0 Å². The van der Waals surface area contributed by atoms with Crippen molar-refractivity contribution in [1.29, 1.82) is 0 Å². The minimum atomic E-state index is -3.80. The molecule has 106 valence electrons. The second-order valence-corrected chi connectivity index (χ2v) is 6.03. The Kier molecular flexibility index (Phi) is 6.06. The molecule has 8 heteroatoms. The Morgan fingerprint density at radius 3 is 2.68 bits per heavy atom. The van der Waals surface area contributed by atoms with Crippen LogP contribution >= 0.6 is 23.2 Å². The number of esters is 1. The van der Waals surface area contributed by atoms with Crippen LogP contribution in [0.15, 0.2) is 23.1 Å². The molecule has 0 unspecified atom stereocenters. The summed E-state index contributed by atoms with van der Waals surface area (Å²) in [6.45, 7) is 1.86. The molecule has 0 spiro atoms. The van der Waals surface area contributed by atoms with Crippen LogP contribution in [-0.4, -0.2) is 27.5 Å². The van der Waals surface area contributed by atoms with E-state index < -0.39 is 16.0 Å². The summed E-state index contributed by atoms with van der Waals surface area (Å²) >= 11 is 11.6. The Hall–Kier alpha value is -0.820. The van der Waals surface area contributed by atoms with E-state index in [4.69, 9.17) is 23.2 Å². The summed E-state index contributed by atoms with van der Waals surface area (Å²) in [5.41, 5.74) is 0. The zero-order valence-electron chi connectivity index (χ0n) is 10.2. The zero-order chi connectivity index (χ0) is 14.5. The van der Waals surface area contributed by atoms with Crippen molar-refractivity contribution in [2.24, 2.45) is 0 Å². The maximum atomic E-state index is 11.9. The predicted molar refractivity (Wildman–Crippen MR) is 72.9 cm³/mol. The molecule has 0 heterocycles. The highest BCUT2D eigenvalue weighted by Gasteiger charge is 2.19. The topological polar surface area (TPSA) is 72.5 Å². The highest BCUT2D eigenvalue weighted by atomic mass is 35.5. The molecule has 0 amide bonds. The van der Waals surface area contributed by atoms with Crippen molar-refractivity contribution in [3.05, 3.63) is 28.2 Å². The number of carbonyl (C=O) groups excluding carboxylic acids is 1. The summed E-state index contributed by atoms with van der Waals surface area (Å²) in [6.07, 6.45) is -0.0503. The molecule has 0 saturated heterocycles. The molecule has 0 bridgehead atoms. The number of nitrogens with one attached hydrogen (secondary N) is 1. The Bertz CT molecular complexity index is 560. The highest BCUT2D eigenvalue weighted by molar-refractivity contribution is 7.89. The Balaban J connectivity index is 2.72. The van der Waals surface area contributed by atoms with E-state index in [2.05, 4.69) is 9.46 Å². The van der Waals surface area contributed by atoms with Crippen molar-refractivity contribution in [2.45, 2.75) is 18.2 Å². The fourth-order valence-electron chi connectivity index (χ4n) is 1.29. The number of benzene rings is 1. The van der Waals surface area contributed by atoms with Gasteiger partial charge in [-0.2, -0.15) is 0 Å². The zero-order valence-corrected chi connectivity index (χ0v) is 12.5. The molecule has 1 aromatic carbocycles. The van der Waals surface area contributed by atoms with E-state index >= 15 is 0 Å². The molecule has 0 atom stereocenters. The molecule has 0 aliphatic carbocycles. The summed E-state index contributed by atoms with van der Waals surface area (Å²) in [6, 6.07) is 4.30. The molecule has 1 rings (SSSR count). The number of hydrogen-bond donors (Lipinski definition) is 1. The van der Waals surface area contributed by atoms with Gasteiger partial charge in [0.2, 0.25) is 10.0 Å². The average Bonchev–Trinajstić information content (AvgIpc) is 2.32. The molecule has 1 aromatic rings. The van der Waals surface area contributed by atoms with Crippen LogP contribution in [0.25, 0.3) is 0 Å². The van der Waals surface area contributed by atoms with Crippen molar-refractivity contribution in [3.63, 3.8) is 0 Å². The molecule has 0 aliphatic rings. The Morgan fingerprint density at radius 2 is 2.05 bits per heavy atom. The van der Waals surface area contributed by atoms with Crippen LogP contribution in [0.5, 0.6) is 0 Å². The van der Waals surface area contributed by atoms with Crippen molar-refractivity contribution in [1.82, 2.24) is 4.72 Å². The molecule has 1 N–H and O–H groups in total. The first-order chi connectivity index (χ1) is 8.88. The van der Waals surface area contributed by atoms with Gasteiger partial charge in [0.1, 0.15) is 4.90 Å². The molecule has 0 fully saturated rings. The SMILES string of the molecule is CCOC(=O)CCNS(=O)(=O)c1cccc(Cl)c1Cl. The van der Waals surface area contributed by atoms with Gasteiger partial charge >= 0.3 is 5.97 Å². The standard InChI is InChI=1S/C11H13Cl2NO4S/c1-2-18-10(15)6-7-14-19(16,17)9-5-3-4-8(12)11(9)13/h3-5,14H,2,6-7H2,1H3. The van der Waals surface area contributed by atoms with Crippen LogP contribution < -0.4 is 4.72 Å². The molecule has 0 aliphatic heterocycles. The predicted octanol–water partition coefficient (Wildman–Crippen LogP) is 2.22. The molecular weight excluding hydrogens is 313 g/mol. The molecule has 0 aromatic heterocycles. The van der Waals surface area contributed by atoms with Crippen molar-refractivity contribution < 1.29 is 17.9 Å². The van der Waals surface area contributed by atoms with Crippen LogP contribution in [0.1, 0.15) is 13.3 Å². The maximum Gasteiger partial charge on any atom is 0.307 e. The van der Waals surface area contributed by atoms with E-state index in [1.807, 2.05) is 0 Å². The van der Waals surface area contributed by atoms with Crippen LogP contribution in [0, 0.1) is 0 Å². The minimum absolute atomic E-state index is 0.0483. The smallest absolute Gasteiger partial charge is 0.307 e. The summed E-state index contributed by atoms with van der Waals surface area (Å²) in [7, 11) is -3.80.